The van der Waals surface area contributed by atoms with E-state index in [1.54, 1.807) is 0 Å². The second-order valence-electron chi connectivity index (χ2n) is 4.21. The number of hydrogen-bond acceptors (Lipinski definition) is 2. The van der Waals surface area contributed by atoms with E-state index in [2.05, 4.69) is 31.0 Å². The molecule has 0 saturated carbocycles. The van der Waals surface area contributed by atoms with Crippen LogP contribution in [0.1, 0.15) is 33.6 Å². The van der Waals surface area contributed by atoms with Crippen LogP contribution in [0.4, 0.5) is 0 Å². The largest absolute Gasteiger partial charge is 0.317 e. The lowest BCUT2D eigenvalue weighted by atomic mass is 10.1. The van der Waals surface area contributed by atoms with Crippen molar-refractivity contribution in [1.82, 2.24) is 10.2 Å². The highest BCUT2D eigenvalue weighted by Crippen LogP contribution is 2.18. The third-order valence-corrected chi connectivity index (χ3v) is 3.21. The maximum absolute atomic E-state index is 3.44. The molecule has 1 rings (SSSR count). The van der Waals surface area contributed by atoms with Gasteiger partial charge in [-0.05, 0) is 45.3 Å². The van der Waals surface area contributed by atoms with Crippen molar-refractivity contribution in [2.24, 2.45) is 5.92 Å². The summed E-state index contributed by atoms with van der Waals surface area (Å²) in [6.07, 6.45) is 2.67. The second kappa shape index (κ2) is 5.61. The molecular formula is C11H24N2. The molecule has 0 aromatic carbocycles. The zero-order valence-corrected chi connectivity index (χ0v) is 9.34. The highest BCUT2D eigenvalue weighted by Gasteiger charge is 2.24. The van der Waals surface area contributed by atoms with Gasteiger partial charge in [0, 0.05) is 12.6 Å². The first-order chi connectivity index (χ1) is 6.27. The Balaban J connectivity index is 2.19. The number of rotatable bonds is 5. The molecule has 13 heavy (non-hydrogen) atoms. The summed E-state index contributed by atoms with van der Waals surface area (Å²) >= 11 is 0. The van der Waals surface area contributed by atoms with Crippen molar-refractivity contribution in [3.63, 3.8) is 0 Å². The van der Waals surface area contributed by atoms with Crippen LogP contribution >= 0.6 is 0 Å². The van der Waals surface area contributed by atoms with Crippen LogP contribution in [0.3, 0.4) is 0 Å². The standard InChI is InChI=1S/C11H24N2/c1-4-10(3)13-7-6-11(9-13)8-12-5-2/h10-12H,4-9H2,1-3H3. The van der Waals surface area contributed by atoms with E-state index in [4.69, 9.17) is 0 Å². The minimum Gasteiger partial charge on any atom is -0.317 e. The number of nitrogens with one attached hydrogen (secondary N) is 1. The second-order valence-corrected chi connectivity index (χ2v) is 4.21. The average Bonchev–Trinajstić information content (AvgIpc) is 2.62. The Morgan fingerprint density at radius 1 is 1.46 bits per heavy atom. The van der Waals surface area contributed by atoms with Crippen LogP contribution in [0.25, 0.3) is 0 Å². The van der Waals surface area contributed by atoms with Crippen molar-refractivity contribution in [2.45, 2.75) is 39.7 Å². The third-order valence-electron chi connectivity index (χ3n) is 3.21. The van der Waals surface area contributed by atoms with Gasteiger partial charge in [0.1, 0.15) is 0 Å². The molecule has 78 valence electrons. The van der Waals surface area contributed by atoms with Crippen LogP contribution in [0.2, 0.25) is 0 Å². The Kier molecular flexibility index (Phi) is 4.74. The summed E-state index contributed by atoms with van der Waals surface area (Å²) in [4.78, 5) is 2.63. The molecule has 2 heteroatoms. The van der Waals surface area contributed by atoms with E-state index in [1.165, 1.54) is 32.5 Å². The Hall–Kier alpha value is -0.0800. The van der Waals surface area contributed by atoms with Gasteiger partial charge < -0.3 is 10.2 Å². The summed E-state index contributed by atoms with van der Waals surface area (Å²) in [5, 5.41) is 3.44. The van der Waals surface area contributed by atoms with E-state index in [9.17, 15) is 0 Å². The van der Waals surface area contributed by atoms with Crippen LogP contribution in [0.15, 0.2) is 0 Å². The molecule has 2 unspecified atom stereocenters. The van der Waals surface area contributed by atoms with Crippen molar-refractivity contribution in [1.29, 1.82) is 0 Å². The molecule has 0 aromatic heterocycles. The molecule has 1 aliphatic heterocycles. The van der Waals surface area contributed by atoms with E-state index < -0.39 is 0 Å². The molecule has 1 saturated heterocycles. The fourth-order valence-corrected chi connectivity index (χ4v) is 2.04. The van der Waals surface area contributed by atoms with Gasteiger partial charge in [-0.1, -0.05) is 13.8 Å². The molecule has 0 aliphatic carbocycles. The van der Waals surface area contributed by atoms with Gasteiger partial charge in [0.25, 0.3) is 0 Å². The monoisotopic (exact) mass is 184 g/mol. The fourth-order valence-electron chi connectivity index (χ4n) is 2.04. The van der Waals surface area contributed by atoms with Crippen LogP contribution in [0.5, 0.6) is 0 Å². The normalized spacial score (nSPS) is 26.5. The summed E-state index contributed by atoms with van der Waals surface area (Å²) in [6, 6.07) is 0.784. The van der Waals surface area contributed by atoms with E-state index in [1.807, 2.05) is 0 Å². The third kappa shape index (κ3) is 3.28. The van der Waals surface area contributed by atoms with Gasteiger partial charge in [0.15, 0.2) is 0 Å². The van der Waals surface area contributed by atoms with E-state index >= 15 is 0 Å². The molecule has 0 amide bonds. The van der Waals surface area contributed by atoms with Gasteiger partial charge in [-0.25, -0.2) is 0 Å². The Morgan fingerprint density at radius 3 is 2.85 bits per heavy atom. The van der Waals surface area contributed by atoms with Crippen LogP contribution < -0.4 is 5.32 Å². The minimum atomic E-state index is 0.784. The molecule has 1 aliphatic rings. The summed E-state index contributed by atoms with van der Waals surface area (Å²) in [5.41, 5.74) is 0. The number of likely N-dealkylation sites (tertiary alicyclic amines) is 1. The lowest BCUT2D eigenvalue weighted by molar-refractivity contribution is 0.243. The first-order valence-corrected chi connectivity index (χ1v) is 5.72. The number of hydrogen-bond donors (Lipinski definition) is 1. The van der Waals surface area contributed by atoms with Crippen LogP contribution in [-0.4, -0.2) is 37.1 Å². The van der Waals surface area contributed by atoms with Gasteiger partial charge in [-0.3, -0.25) is 0 Å². The quantitative estimate of drug-likeness (QED) is 0.700. The lowest BCUT2D eigenvalue weighted by Crippen LogP contribution is -2.32. The molecule has 0 aromatic rings. The van der Waals surface area contributed by atoms with Crippen LogP contribution in [-0.2, 0) is 0 Å². The molecule has 1 N–H and O–H groups in total. The van der Waals surface area contributed by atoms with Crippen molar-refractivity contribution in [3.05, 3.63) is 0 Å². The van der Waals surface area contributed by atoms with Crippen molar-refractivity contribution >= 4 is 0 Å². The van der Waals surface area contributed by atoms with Gasteiger partial charge in [-0.2, -0.15) is 0 Å². The predicted octanol–water partition coefficient (Wildman–Crippen LogP) is 1.72. The van der Waals surface area contributed by atoms with E-state index in [-0.39, 0.29) is 0 Å². The van der Waals surface area contributed by atoms with Gasteiger partial charge in [-0.15, -0.1) is 0 Å². The Labute approximate surface area is 82.7 Å². The van der Waals surface area contributed by atoms with Gasteiger partial charge in [0.2, 0.25) is 0 Å². The first kappa shape index (κ1) is 11.0. The molecule has 0 bridgehead atoms. The Morgan fingerprint density at radius 2 is 2.23 bits per heavy atom. The smallest absolute Gasteiger partial charge is 0.00644 e. The van der Waals surface area contributed by atoms with Gasteiger partial charge in [0.05, 0.1) is 0 Å². The zero-order chi connectivity index (χ0) is 9.68. The summed E-state index contributed by atoms with van der Waals surface area (Å²) < 4.78 is 0. The van der Waals surface area contributed by atoms with Crippen molar-refractivity contribution in [2.75, 3.05) is 26.2 Å². The minimum absolute atomic E-state index is 0.784. The van der Waals surface area contributed by atoms with Gasteiger partial charge >= 0.3 is 0 Å². The summed E-state index contributed by atoms with van der Waals surface area (Å²) in [5.74, 6) is 0.897. The van der Waals surface area contributed by atoms with Crippen molar-refractivity contribution in [3.8, 4) is 0 Å². The predicted molar refractivity (Wildman–Crippen MR) is 58.0 cm³/mol. The molecular weight excluding hydrogens is 160 g/mol. The first-order valence-electron chi connectivity index (χ1n) is 5.72. The Bertz CT molecular complexity index is 136. The molecule has 1 heterocycles. The highest BCUT2D eigenvalue weighted by atomic mass is 15.2. The molecule has 0 radical (unpaired) electrons. The van der Waals surface area contributed by atoms with E-state index in [0.717, 1.165) is 18.5 Å². The maximum Gasteiger partial charge on any atom is 0.00644 e. The molecule has 2 atom stereocenters. The molecule has 2 nitrogen and oxygen atoms in total. The molecule has 0 spiro atoms. The molecule has 1 fully saturated rings. The maximum atomic E-state index is 3.44. The number of nitrogens with zero attached hydrogens (tertiary/aromatic N) is 1. The zero-order valence-electron chi connectivity index (χ0n) is 9.34. The van der Waals surface area contributed by atoms with E-state index in [0.29, 0.717) is 0 Å². The topological polar surface area (TPSA) is 15.3 Å². The average molecular weight is 184 g/mol. The van der Waals surface area contributed by atoms with Crippen molar-refractivity contribution < 1.29 is 0 Å². The lowest BCUT2D eigenvalue weighted by Gasteiger charge is -2.22. The summed E-state index contributed by atoms with van der Waals surface area (Å²) in [6.45, 7) is 11.7. The fraction of sp³-hybridized carbons (Fsp3) is 1.00. The van der Waals surface area contributed by atoms with Crippen LogP contribution in [0, 0.1) is 5.92 Å². The SMILES string of the molecule is CCNCC1CCN(C(C)CC)C1. The summed E-state index contributed by atoms with van der Waals surface area (Å²) in [7, 11) is 0. The highest BCUT2D eigenvalue weighted by molar-refractivity contribution is 4.79.